The summed E-state index contributed by atoms with van der Waals surface area (Å²) in [5.41, 5.74) is 0.823. The van der Waals surface area contributed by atoms with E-state index in [0.717, 1.165) is 31.2 Å². The zero-order chi connectivity index (χ0) is 13.7. The summed E-state index contributed by atoms with van der Waals surface area (Å²) >= 11 is 0. The van der Waals surface area contributed by atoms with Gasteiger partial charge in [-0.15, -0.1) is 0 Å². The molecule has 1 aliphatic carbocycles. The number of hydrogen-bond donors (Lipinski definition) is 0. The summed E-state index contributed by atoms with van der Waals surface area (Å²) in [7, 11) is 1.73. The Balaban J connectivity index is 2.10. The molecule has 1 aromatic rings. The second kappa shape index (κ2) is 6.33. The van der Waals surface area contributed by atoms with Crippen LogP contribution in [0.1, 0.15) is 43.7 Å². The number of carbonyl (C=O) groups excluding carboxylic acids is 1. The molecule has 19 heavy (non-hydrogen) atoms. The molecule has 0 aliphatic heterocycles. The van der Waals surface area contributed by atoms with Crippen molar-refractivity contribution in [1.29, 1.82) is 5.26 Å². The molecule has 1 unspecified atom stereocenters. The highest BCUT2D eigenvalue weighted by Gasteiger charge is 2.28. The molecule has 0 saturated heterocycles. The van der Waals surface area contributed by atoms with Crippen molar-refractivity contribution in [3.8, 4) is 6.07 Å². The van der Waals surface area contributed by atoms with Gasteiger partial charge in [-0.25, -0.2) is 0 Å². The molecule has 1 aromatic heterocycles. The van der Waals surface area contributed by atoms with Crippen LogP contribution in [-0.4, -0.2) is 22.8 Å². The van der Waals surface area contributed by atoms with Crippen LogP contribution in [-0.2, 0) is 4.79 Å². The molecule has 0 N–H and O–H groups in total. The lowest BCUT2D eigenvalue weighted by Crippen LogP contribution is -2.36. The quantitative estimate of drug-likeness (QED) is 0.836. The summed E-state index contributed by atoms with van der Waals surface area (Å²) in [5, 5.41) is 9.33. The van der Waals surface area contributed by atoms with E-state index in [9.17, 15) is 10.1 Å². The maximum Gasteiger partial charge on any atom is 0.226 e. The second-order valence-electron chi connectivity index (χ2n) is 5.10. The summed E-state index contributed by atoms with van der Waals surface area (Å²) in [6, 6.07) is 5.28. The molecule has 0 bridgehead atoms. The lowest BCUT2D eigenvalue weighted by Gasteiger charge is -2.29. The Labute approximate surface area is 114 Å². The molecule has 2 rings (SSSR count). The molecule has 100 valence electrons. The highest BCUT2D eigenvalue weighted by molar-refractivity contribution is 5.79. The normalized spacial score (nSPS) is 17.5. The third-order valence-corrected chi connectivity index (χ3v) is 3.83. The third-order valence-electron chi connectivity index (χ3n) is 3.83. The van der Waals surface area contributed by atoms with E-state index in [1.165, 1.54) is 6.42 Å². The van der Waals surface area contributed by atoms with Crippen molar-refractivity contribution >= 4 is 5.91 Å². The lowest BCUT2D eigenvalue weighted by molar-refractivity contribution is -0.136. The molecule has 1 aliphatic rings. The van der Waals surface area contributed by atoms with Crippen molar-refractivity contribution in [1.82, 2.24) is 9.88 Å². The first-order valence-electron chi connectivity index (χ1n) is 6.80. The van der Waals surface area contributed by atoms with Crippen molar-refractivity contribution in [2.24, 2.45) is 5.92 Å². The van der Waals surface area contributed by atoms with E-state index in [0.29, 0.717) is 0 Å². The monoisotopic (exact) mass is 257 g/mol. The van der Waals surface area contributed by atoms with Crippen LogP contribution >= 0.6 is 0 Å². The Bertz CT molecular complexity index is 460. The first kappa shape index (κ1) is 13.5. The van der Waals surface area contributed by atoms with Crippen molar-refractivity contribution < 1.29 is 4.79 Å². The summed E-state index contributed by atoms with van der Waals surface area (Å²) < 4.78 is 0. The molecule has 0 aromatic carbocycles. The summed E-state index contributed by atoms with van der Waals surface area (Å²) in [4.78, 5) is 18.0. The van der Waals surface area contributed by atoms with Gasteiger partial charge in [-0.3, -0.25) is 9.78 Å². The minimum atomic E-state index is -0.516. The molecule has 0 spiro atoms. The van der Waals surface area contributed by atoms with E-state index in [2.05, 4.69) is 11.1 Å². The van der Waals surface area contributed by atoms with E-state index in [4.69, 9.17) is 0 Å². The van der Waals surface area contributed by atoms with Crippen molar-refractivity contribution in [2.45, 2.75) is 38.1 Å². The number of rotatable bonds is 3. The van der Waals surface area contributed by atoms with Gasteiger partial charge in [0.15, 0.2) is 0 Å². The van der Waals surface area contributed by atoms with Gasteiger partial charge in [0.05, 0.1) is 6.07 Å². The van der Waals surface area contributed by atoms with Crippen LogP contribution in [0.4, 0.5) is 0 Å². The molecule has 1 saturated carbocycles. The maximum atomic E-state index is 12.4. The standard InChI is InChI=1S/C15H19N3O/c1-18(15(19)13-5-3-2-4-6-13)14(11-16)12-7-9-17-10-8-12/h7-10,13-14H,2-6H2,1H3. The molecule has 1 amide bonds. The van der Waals surface area contributed by atoms with Gasteiger partial charge in [-0.2, -0.15) is 5.26 Å². The Morgan fingerprint density at radius 1 is 1.37 bits per heavy atom. The number of amides is 1. The van der Waals surface area contributed by atoms with E-state index < -0.39 is 6.04 Å². The predicted molar refractivity (Wildman–Crippen MR) is 71.9 cm³/mol. The minimum absolute atomic E-state index is 0.0939. The highest BCUT2D eigenvalue weighted by Crippen LogP contribution is 2.28. The number of nitrogens with zero attached hydrogens (tertiary/aromatic N) is 3. The average molecular weight is 257 g/mol. The number of carbonyl (C=O) groups is 1. The zero-order valence-corrected chi connectivity index (χ0v) is 11.2. The first-order chi connectivity index (χ1) is 9.24. The molecular weight excluding hydrogens is 238 g/mol. The summed E-state index contributed by atoms with van der Waals surface area (Å²) in [6.45, 7) is 0. The van der Waals surface area contributed by atoms with Gasteiger partial charge in [-0.05, 0) is 30.5 Å². The highest BCUT2D eigenvalue weighted by atomic mass is 16.2. The van der Waals surface area contributed by atoms with E-state index in [1.54, 1.807) is 36.5 Å². The Hall–Kier alpha value is -1.89. The summed E-state index contributed by atoms with van der Waals surface area (Å²) in [6.07, 6.45) is 8.68. The van der Waals surface area contributed by atoms with Gasteiger partial charge in [-0.1, -0.05) is 19.3 Å². The molecule has 4 nitrogen and oxygen atoms in total. The Morgan fingerprint density at radius 3 is 2.58 bits per heavy atom. The van der Waals surface area contributed by atoms with Crippen LogP contribution < -0.4 is 0 Å². The van der Waals surface area contributed by atoms with E-state index in [1.807, 2.05) is 0 Å². The Kier molecular flexibility index (Phi) is 4.51. The van der Waals surface area contributed by atoms with Gasteiger partial charge >= 0.3 is 0 Å². The van der Waals surface area contributed by atoms with Crippen LogP contribution in [0.25, 0.3) is 0 Å². The fraction of sp³-hybridized carbons (Fsp3) is 0.533. The van der Waals surface area contributed by atoms with Crippen molar-refractivity contribution in [3.63, 3.8) is 0 Å². The predicted octanol–water partition coefficient (Wildman–Crippen LogP) is 2.68. The largest absolute Gasteiger partial charge is 0.326 e. The fourth-order valence-corrected chi connectivity index (χ4v) is 2.70. The van der Waals surface area contributed by atoms with Crippen molar-refractivity contribution in [3.05, 3.63) is 30.1 Å². The maximum absolute atomic E-state index is 12.4. The van der Waals surface area contributed by atoms with Crippen LogP contribution in [0.3, 0.4) is 0 Å². The topological polar surface area (TPSA) is 57.0 Å². The lowest BCUT2D eigenvalue weighted by atomic mass is 9.88. The molecule has 1 heterocycles. The Morgan fingerprint density at radius 2 is 2.00 bits per heavy atom. The third kappa shape index (κ3) is 3.11. The fourth-order valence-electron chi connectivity index (χ4n) is 2.70. The van der Waals surface area contributed by atoms with Crippen LogP contribution in [0.2, 0.25) is 0 Å². The number of pyridine rings is 1. The van der Waals surface area contributed by atoms with Crippen LogP contribution in [0.15, 0.2) is 24.5 Å². The molecular formula is C15H19N3O. The minimum Gasteiger partial charge on any atom is -0.326 e. The van der Waals surface area contributed by atoms with Gasteiger partial charge in [0.1, 0.15) is 6.04 Å². The first-order valence-corrected chi connectivity index (χ1v) is 6.80. The SMILES string of the molecule is CN(C(=O)C1CCCCC1)C(C#N)c1ccncc1. The van der Waals surface area contributed by atoms with Crippen LogP contribution in [0, 0.1) is 17.2 Å². The van der Waals surface area contributed by atoms with Crippen LogP contribution in [0.5, 0.6) is 0 Å². The summed E-state index contributed by atoms with van der Waals surface area (Å²) in [5.74, 6) is 0.194. The zero-order valence-electron chi connectivity index (χ0n) is 11.2. The number of nitriles is 1. The molecule has 0 radical (unpaired) electrons. The smallest absolute Gasteiger partial charge is 0.226 e. The van der Waals surface area contributed by atoms with Gasteiger partial charge in [0, 0.05) is 25.4 Å². The molecule has 1 atom stereocenters. The van der Waals surface area contributed by atoms with Gasteiger partial charge in [0.2, 0.25) is 5.91 Å². The molecule has 4 heteroatoms. The van der Waals surface area contributed by atoms with Gasteiger partial charge in [0.25, 0.3) is 0 Å². The second-order valence-corrected chi connectivity index (χ2v) is 5.10. The van der Waals surface area contributed by atoms with Crippen molar-refractivity contribution in [2.75, 3.05) is 7.05 Å². The van der Waals surface area contributed by atoms with E-state index >= 15 is 0 Å². The number of aromatic nitrogens is 1. The number of hydrogen-bond acceptors (Lipinski definition) is 3. The molecule has 1 fully saturated rings. The van der Waals surface area contributed by atoms with E-state index in [-0.39, 0.29) is 11.8 Å². The van der Waals surface area contributed by atoms with Gasteiger partial charge < -0.3 is 4.90 Å². The average Bonchev–Trinajstić information content (AvgIpc) is 2.49.